The molecule has 2 fully saturated rings. The summed E-state index contributed by atoms with van der Waals surface area (Å²) in [6, 6.07) is 6.27. The molecule has 1 aliphatic heterocycles. The van der Waals surface area contributed by atoms with Gasteiger partial charge in [-0.1, -0.05) is 24.0 Å². The van der Waals surface area contributed by atoms with E-state index in [-0.39, 0.29) is 5.25 Å². The predicted octanol–water partition coefficient (Wildman–Crippen LogP) is 4.48. The fourth-order valence-corrected chi connectivity index (χ4v) is 6.33. The van der Waals surface area contributed by atoms with Gasteiger partial charge in [0, 0.05) is 61.9 Å². The summed E-state index contributed by atoms with van der Waals surface area (Å²) in [6.07, 6.45) is 13.0. The first-order valence-corrected chi connectivity index (χ1v) is 14.1. The number of hydrogen-bond donors (Lipinski definition) is 1. The molecule has 3 aromatic heterocycles. The van der Waals surface area contributed by atoms with Crippen LogP contribution in [0.2, 0.25) is 0 Å². The van der Waals surface area contributed by atoms with Gasteiger partial charge in [0.05, 0.1) is 35.4 Å². The maximum absolute atomic E-state index is 12.4. The number of pyridine rings is 1. The van der Waals surface area contributed by atoms with Crippen LogP contribution in [0.5, 0.6) is 0 Å². The van der Waals surface area contributed by atoms with Gasteiger partial charge in [0.2, 0.25) is 0 Å². The number of aromatic nitrogens is 5. The molecule has 0 spiro atoms. The van der Waals surface area contributed by atoms with E-state index < -0.39 is 11.4 Å². The van der Waals surface area contributed by atoms with E-state index in [1.165, 1.54) is 20.9 Å². The van der Waals surface area contributed by atoms with Crippen molar-refractivity contribution in [1.82, 2.24) is 29.0 Å². The van der Waals surface area contributed by atoms with Crippen LogP contribution in [0.1, 0.15) is 56.6 Å². The first-order chi connectivity index (χ1) is 18.0. The molecule has 3 aromatic rings. The maximum atomic E-state index is 12.4. The normalized spacial score (nSPS) is 20.1. The van der Waals surface area contributed by atoms with Crippen LogP contribution in [-0.2, 0) is 11.4 Å². The molecule has 37 heavy (non-hydrogen) atoms. The second-order valence-corrected chi connectivity index (χ2v) is 12.1. The average molecular weight is 515 g/mol. The van der Waals surface area contributed by atoms with Crippen LogP contribution in [0.4, 0.5) is 11.6 Å². The lowest BCUT2D eigenvalue weighted by molar-refractivity contribution is 0.177. The number of rotatable bonds is 8. The zero-order valence-corrected chi connectivity index (χ0v) is 21.9. The zero-order valence-electron chi connectivity index (χ0n) is 21.0. The van der Waals surface area contributed by atoms with Gasteiger partial charge in [-0.3, -0.25) is 0 Å². The monoisotopic (exact) mass is 514 g/mol. The maximum Gasteiger partial charge on any atom is 0.164 e. The molecule has 190 valence electrons. The number of hydrogen-bond acceptors (Lipinski definition) is 8. The van der Waals surface area contributed by atoms with Gasteiger partial charge < -0.3 is 14.8 Å². The van der Waals surface area contributed by atoms with Crippen molar-refractivity contribution in [2.45, 2.75) is 50.7 Å². The van der Waals surface area contributed by atoms with E-state index in [1.807, 2.05) is 12.3 Å². The zero-order chi connectivity index (χ0) is 25.5. The van der Waals surface area contributed by atoms with Crippen LogP contribution in [-0.4, -0.2) is 51.9 Å². The number of likely N-dealkylation sites (tertiary alicyclic amines) is 1. The summed E-state index contributed by atoms with van der Waals surface area (Å²) in [5, 5.41) is 16.8. The summed E-state index contributed by atoms with van der Waals surface area (Å²) < 4.78 is 13.9. The van der Waals surface area contributed by atoms with Crippen molar-refractivity contribution >= 4 is 28.7 Å². The Morgan fingerprint density at radius 2 is 2.05 bits per heavy atom. The molecule has 0 bridgehead atoms. The third-order valence-electron chi connectivity index (χ3n) is 7.38. The SMILES string of the molecule is CC(C)C1CC=C(N2CC(CC#N)C2)c2cnc(Nc3ccnc(-c4cnn([S+]([O-])C5CC5)c4)n3)cc21. The van der Waals surface area contributed by atoms with Gasteiger partial charge in [0.15, 0.2) is 5.82 Å². The Labute approximate surface area is 220 Å². The molecule has 4 heterocycles. The Morgan fingerprint density at radius 1 is 1.22 bits per heavy atom. The van der Waals surface area contributed by atoms with E-state index in [2.05, 4.69) is 57.3 Å². The van der Waals surface area contributed by atoms with Crippen LogP contribution in [0.15, 0.2) is 43.0 Å². The van der Waals surface area contributed by atoms with Crippen LogP contribution in [0.3, 0.4) is 0 Å². The Hall–Kier alpha value is -3.42. The van der Waals surface area contributed by atoms with E-state index in [4.69, 9.17) is 10.2 Å². The lowest BCUT2D eigenvalue weighted by Gasteiger charge is -2.44. The molecule has 2 atom stereocenters. The molecule has 1 N–H and O–H groups in total. The number of anilines is 2. The number of nitrogens with one attached hydrogen (secondary N) is 1. The molecular weight excluding hydrogens is 484 g/mol. The molecule has 10 heteroatoms. The highest BCUT2D eigenvalue weighted by Gasteiger charge is 2.37. The van der Waals surface area contributed by atoms with E-state index in [1.54, 1.807) is 18.6 Å². The van der Waals surface area contributed by atoms with Crippen molar-refractivity contribution in [2.75, 3.05) is 18.4 Å². The van der Waals surface area contributed by atoms with Crippen LogP contribution in [0.25, 0.3) is 17.1 Å². The number of nitrogens with zero attached hydrogens (tertiary/aromatic N) is 7. The van der Waals surface area contributed by atoms with Crippen LogP contribution >= 0.6 is 0 Å². The molecule has 9 nitrogen and oxygen atoms in total. The minimum atomic E-state index is -1.13. The Kier molecular flexibility index (Phi) is 6.34. The topological polar surface area (TPSA) is 119 Å². The van der Waals surface area contributed by atoms with Crippen molar-refractivity contribution < 1.29 is 4.55 Å². The van der Waals surface area contributed by atoms with Crippen molar-refractivity contribution in [2.24, 2.45) is 11.8 Å². The first kappa shape index (κ1) is 23.9. The molecule has 3 aliphatic rings. The lowest BCUT2D eigenvalue weighted by Crippen LogP contribution is -2.45. The van der Waals surface area contributed by atoms with E-state index in [0.29, 0.717) is 35.8 Å². The van der Waals surface area contributed by atoms with Crippen molar-refractivity contribution in [3.05, 3.63) is 54.1 Å². The van der Waals surface area contributed by atoms with Crippen LogP contribution < -0.4 is 5.32 Å². The fourth-order valence-electron chi connectivity index (χ4n) is 5.13. The third kappa shape index (κ3) is 4.81. The lowest BCUT2D eigenvalue weighted by atomic mass is 9.78. The standard InChI is InChI=1S/C27H30N8OS/c1-17(2)21-5-6-24(34-14-18(15-34)7-9-28)23-13-30-26(11-22(21)23)32-25-8-10-29-27(33-25)19-12-31-35(16-19)37(36)20-3-4-20/h6,8,10-13,16-18,20-21H,3-5,7,14-15H2,1-2H3,(H,29,30,32,33). The van der Waals surface area contributed by atoms with E-state index >= 15 is 0 Å². The van der Waals surface area contributed by atoms with E-state index in [0.717, 1.165) is 43.7 Å². The highest BCUT2D eigenvalue weighted by atomic mass is 32.2. The summed E-state index contributed by atoms with van der Waals surface area (Å²) in [6.45, 7) is 6.39. The molecule has 2 unspecified atom stereocenters. The molecule has 2 aliphatic carbocycles. The number of fused-ring (bicyclic) bond motifs is 1. The summed E-state index contributed by atoms with van der Waals surface area (Å²) in [5.74, 6) is 3.28. The summed E-state index contributed by atoms with van der Waals surface area (Å²) in [5.41, 5.74) is 4.46. The van der Waals surface area contributed by atoms with Crippen molar-refractivity contribution in [3.63, 3.8) is 0 Å². The molecule has 0 aromatic carbocycles. The van der Waals surface area contributed by atoms with E-state index in [9.17, 15) is 4.55 Å². The Morgan fingerprint density at radius 3 is 2.81 bits per heavy atom. The summed E-state index contributed by atoms with van der Waals surface area (Å²) in [4.78, 5) is 16.2. The van der Waals surface area contributed by atoms with Crippen molar-refractivity contribution in [3.8, 4) is 17.5 Å². The minimum Gasteiger partial charge on any atom is -0.591 e. The van der Waals surface area contributed by atoms with Gasteiger partial charge in [-0.15, -0.1) is 5.10 Å². The minimum absolute atomic E-state index is 0.210. The Balaban J connectivity index is 1.22. The second kappa shape index (κ2) is 9.80. The van der Waals surface area contributed by atoms with Gasteiger partial charge in [-0.05, 0) is 36.0 Å². The summed E-state index contributed by atoms with van der Waals surface area (Å²) in [7, 11) is 0. The van der Waals surface area contributed by atoms with Gasteiger partial charge in [0.25, 0.3) is 0 Å². The molecular formula is C27H30N8OS. The highest BCUT2D eigenvalue weighted by molar-refractivity contribution is 7.90. The average Bonchev–Trinajstić information content (AvgIpc) is 3.61. The molecule has 1 saturated carbocycles. The quantitative estimate of drug-likeness (QED) is 0.437. The summed E-state index contributed by atoms with van der Waals surface area (Å²) >= 11 is -1.13. The number of nitriles is 1. The third-order valence-corrected chi connectivity index (χ3v) is 8.99. The van der Waals surface area contributed by atoms with Gasteiger partial charge >= 0.3 is 0 Å². The molecule has 1 saturated heterocycles. The van der Waals surface area contributed by atoms with Crippen molar-refractivity contribution in [1.29, 1.82) is 5.26 Å². The first-order valence-electron chi connectivity index (χ1n) is 12.9. The predicted molar refractivity (Wildman–Crippen MR) is 143 cm³/mol. The van der Waals surface area contributed by atoms with Gasteiger partial charge in [-0.2, -0.15) is 5.26 Å². The fraction of sp³-hybridized carbons (Fsp3) is 0.444. The molecule has 6 rings (SSSR count). The second-order valence-electron chi connectivity index (χ2n) is 10.5. The Bertz CT molecular complexity index is 1370. The molecule has 0 radical (unpaired) electrons. The molecule has 0 amide bonds. The van der Waals surface area contributed by atoms with Gasteiger partial charge in [0.1, 0.15) is 16.9 Å². The van der Waals surface area contributed by atoms with Crippen LogP contribution in [0, 0.1) is 23.2 Å². The smallest absolute Gasteiger partial charge is 0.164 e. The largest absolute Gasteiger partial charge is 0.591 e. The highest BCUT2D eigenvalue weighted by Crippen LogP contribution is 2.42. The van der Waals surface area contributed by atoms with Gasteiger partial charge in [-0.25, -0.2) is 15.0 Å². The number of allylic oxidation sites excluding steroid dienone is 1.